The maximum Gasteiger partial charge on any atom is 0.246 e. The van der Waals surface area contributed by atoms with Gasteiger partial charge in [-0.3, -0.25) is 0 Å². The van der Waals surface area contributed by atoms with Gasteiger partial charge in [0.15, 0.2) is 5.11 Å². The lowest BCUT2D eigenvalue weighted by atomic mass is 10.2. The van der Waals surface area contributed by atoms with E-state index in [1.165, 1.54) is 18.2 Å². The molecule has 0 unspecified atom stereocenters. The maximum absolute atomic E-state index is 13.2. The molecule has 27 heavy (non-hydrogen) atoms. The molecule has 0 saturated heterocycles. The van der Waals surface area contributed by atoms with E-state index in [-0.39, 0.29) is 11.6 Å². The molecule has 0 aliphatic carbocycles. The lowest BCUT2D eigenvalue weighted by molar-refractivity contribution is 0.340. The van der Waals surface area contributed by atoms with E-state index in [1.54, 1.807) is 0 Å². The summed E-state index contributed by atoms with van der Waals surface area (Å²) in [6.07, 6.45) is 0. The minimum Gasteiger partial charge on any atom is -0.494 e. The fraction of sp³-hybridized carbons (Fsp3) is 0.167. The Morgan fingerprint density at radius 3 is 2.74 bits per heavy atom. The molecule has 2 N–H and O–H groups in total. The van der Waals surface area contributed by atoms with Crippen LogP contribution in [0.1, 0.15) is 12.8 Å². The molecule has 3 aromatic rings. The summed E-state index contributed by atoms with van der Waals surface area (Å²) in [4.78, 5) is 4.32. The molecule has 0 bridgehead atoms. The van der Waals surface area contributed by atoms with E-state index in [0.29, 0.717) is 29.1 Å². The van der Waals surface area contributed by atoms with Gasteiger partial charge in [0.2, 0.25) is 11.7 Å². The molecule has 0 fully saturated rings. The van der Waals surface area contributed by atoms with Crippen molar-refractivity contribution in [3.05, 3.63) is 59.2 Å². The number of benzene rings is 2. The second-order valence-electron chi connectivity index (χ2n) is 5.41. The number of nitrogens with one attached hydrogen (secondary N) is 2. The SMILES string of the molecule is CCOc1ccc(-c2noc(CNC(=S)Nc3ccc(F)c(Cl)c3)n2)cc1. The van der Waals surface area contributed by atoms with E-state index in [2.05, 4.69) is 20.8 Å². The van der Waals surface area contributed by atoms with Gasteiger partial charge in [0.1, 0.15) is 11.6 Å². The molecule has 1 heterocycles. The van der Waals surface area contributed by atoms with Crippen molar-refractivity contribution in [2.45, 2.75) is 13.5 Å². The largest absolute Gasteiger partial charge is 0.494 e. The van der Waals surface area contributed by atoms with Gasteiger partial charge in [-0.2, -0.15) is 4.98 Å². The quantitative estimate of drug-likeness (QED) is 0.587. The number of thiocarbonyl (C=S) groups is 1. The Kier molecular flexibility index (Phi) is 6.20. The molecular formula is C18H16ClFN4O2S. The predicted octanol–water partition coefficient (Wildman–Crippen LogP) is 4.41. The first kappa shape index (κ1) is 19.1. The molecule has 3 rings (SSSR count). The van der Waals surface area contributed by atoms with Gasteiger partial charge in [0.05, 0.1) is 18.2 Å². The van der Waals surface area contributed by atoms with Crippen molar-refractivity contribution in [1.82, 2.24) is 15.5 Å². The van der Waals surface area contributed by atoms with Crippen LogP contribution in [-0.4, -0.2) is 21.9 Å². The number of halogens is 2. The Hall–Kier alpha value is -2.71. The summed E-state index contributed by atoms with van der Waals surface area (Å²) in [5, 5.41) is 10.1. The van der Waals surface area contributed by atoms with Crippen LogP contribution in [-0.2, 0) is 6.54 Å². The Labute approximate surface area is 165 Å². The van der Waals surface area contributed by atoms with E-state index in [9.17, 15) is 4.39 Å². The van der Waals surface area contributed by atoms with Gasteiger partial charge in [-0.05, 0) is 61.6 Å². The monoisotopic (exact) mass is 406 g/mol. The zero-order valence-corrected chi connectivity index (χ0v) is 15.9. The zero-order valence-electron chi connectivity index (χ0n) is 14.3. The number of hydrogen-bond donors (Lipinski definition) is 2. The van der Waals surface area contributed by atoms with Crippen LogP contribution >= 0.6 is 23.8 Å². The smallest absolute Gasteiger partial charge is 0.246 e. The van der Waals surface area contributed by atoms with Crippen LogP contribution < -0.4 is 15.4 Å². The second-order valence-corrected chi connectivity index (χ2v) is 6.22. The molecule has 0 saturated carbocycles. The highest BCUT2D eigenvalue weighted by Gasteiger charge is 2.10. The lowest BCUT2D eigenvalue weighted by Gasteiger charge is -2.09. The van der Waals surface area contributed by atoms with Gasteiger partial charge in [0, 0.05) is 11.3 Å². The highest BCUT2D eigenvalue weighted by Crippen LogP contribution is 2.20. The first-order chi connectivity index (χ1) is 13.0. The van der Waals surface area contributed by atoms with Crippen LogP contribution in [0.4, 0.5) is 10.1 Å². The molecule has 0 amide bonds. The molecule has 140 valence electrons. The van der Waals surface area contributed by atoms with Gasteiger partial charge < -0.3 is 19.9 Å². The minimum absolute atomic E-state index is 0.0136. The number of nitrogens with zero attached hydrogens (tertiary/aromatic N) is 2. The Morgan fingerprint density at radius 1 is 1.26 bits per heavy atom. The molecule has 0 atom stereocenters. The molecule has 0 aliphatic rings. The minimum atomic E-state index is -0.492. The van der Waals surface area contributed by atoms with Gasteiger partial charge in [-0.1, -0.05) is 16.8 Å². The van der Waals surface area contributed by atoms with E-state index in [1.807, 2.05) is 31.2 Å². The van der Waals surface area contributed by atoms with Gasteiger partial charge >= 0.3 is 0 Å². The van der Waals surface area contributed by atoms with E-state index in [0.717, 1.165) is 11.3 Å². The summed E-state index contributed by atoms with van der Waals surface area (Å²) in [5.41, 5.74) is 1.38. The molecule has 2 aromatic carbocycles. The maximum atomic E-state index is 13.2. The third kappa shape index (κ3) is 5.15. The zero-order chi connectivity index (χ0) is 19.2. The van der Waals surface area contributed by atoms with Crippen molar-refractivity contribution in [2.75, 3.05) is 11.9 Å². The summed E-state index contributed by atoms with van der Waals surface area (Å²) in [6.45, 7) is 2.77. The molecule has 9 heteroatoms. The third-order valence-electron chi connectivity index (χ3n) is 3.47. The highest BCUT2D eigenvalue weighted by atomic mass is 35.5. The van der Waals surface area contributed by atoms with Crippen molar-refractivity contribution in [1.29, 1.82) is 0 Å². The first-order valence-corrected chi connectivity index (χ1v) is 8.89. The molecule has 0 aliphatic heterocycles. The van der Waals surface area contributed by atoms with Crippen molar-refractivity contribution in [3.63, 3.8) is 0 Å². The average Bonchev–Trinajstić information content (AvgIpc) is 3.13. The first-order valence-electron chi connectivity index (χ1n) is 8.11. The molecule has 0 spiro atoms. The Balaban J connectivity index is 1.55. The van der Waals surface area contributed by atoms with Crippen LogP contribution in [0.5, 0.6) is 5.75 Å². The fourth-order valence-electron chi connectivity index (χ4n) is 2.22. The lowest BCUT2D eigenvalue weighted by Crippen LogP contribution is -2.28. The number of aromatic nitrogens is 2. The summed E-state index contributed by atoms with van der Waals surface area (Å²) in [6, 6.07) is 11.6. The number of anilines is 1. The van der Waals surface area contributed by atoms with E-state index >= 15 is 0 Å². The summed E-state index contributed by atoms with van der Waals surface area (Å²) in [5.74, 6) is 1.14. The Morgan fingerprint density at radius 2 is 2.04 bits per heavy atom. The number of rotatable bonds is 6. The summed E-state index contributed by atoms with van der Waals surface area (Å²) in [7, 11) is 0. The Bertz CT molecular complexity index is 933. The van der Waals surface area contributed by atoms with Gasteiger partial charge in [-0.15, -0.1) is 0 Å². The van der Waals surface area contributed by atoms with E-state index in [4.69, 9.17) is 33.1 Å². The van der Waals surface area contributed by atoms with Crippen LogP contribution in [0, 0.1) is 5.82 Å². The van der Waals surface area contributed by atoms with Crippen molar-refractivity contribution in [3.8, 4) is 17.1 Å². The number of ether oxygens (including phenoxy) is 1. The van der Waals surface area contributed by atoms with Crippen LogP contribution in [0.3, 0.4) is 0 Å². The summed E-state index contributed by atoms with van der Waals surface area (Å²) < 4.78 is 23.8. The van der Waals surface area contributed by atoms with Gasteiger partial charge in [-0.25, -0.2) is 4.39 Å². The normalized spacial score (nSPS) is 10.5. The average molecular weight is 407 g/mol. The number of hydrogen-bond acceptors (Lipinski definition) is 5. The van der Waals surface area contributed by atoms with E-state index < -0.39 is 5.82 Å². The topological polar surface area (TPSA) is 72.2 Å². The second kappa shape index (κ2) is 8.79. The van der Waals surface area contributed by atoms with Crippen LogP contribution in [0.15, 0.2) is 47.0 Å². The molecule has 6 nitrogen and oxygen atoms in total. The third-order valence-corrected chi connectivity index (χ3v) is 4.01. The highest BCUT2D eigenvalue weighted by molar-refractivity contribution is 7.80. The van der Waals surface area contributed by atoms with Crippen molar-refractivity contribution >= 4 is 34.6 Å². The molecule has 1 aromatic heterocycles. The standard InChI is InChI=1S/C18H16ClFN4O2S/c1-2-25-13-6-3-11(4-7-13)17-23-16(26-24-17)10-21-18(27)22-12-5-8-15(20)14(19)9-12/h3-9H,2,10H2,1H3,(H2,21,22,27). The van der Waals surface area contributed by atoms with Crippen molar-refractivity contribution in [2.24, 2.45) is 0 Å². The molecule has 0 radical (unpaired) electrons. The van der Waals surface area contributed by atoms with Crippen LogP contribution in [0.2, 0.25) is 5.02 Å². The van der Waals surface area contributed by atoms with Crippen molar-refractivity contribution < 1.29 is 13.7 Å². The van der Waals surface area contributed by atoms with Crippen LogP contribution in [0.25, 0.3) is 11.4 Å². The fourth-order valence-corrected chi connectivity index (χ4v) is 2.59. The summed E-state index contributed by atoms with van der Waals surface area (Å²) >= 11 is 10.9. The van der Waals surface area contributed by atoms with Gasteiger partial charge in [0.25, 0.3) is 0 Å². The predicted molar refractivity (Wildman–Crippen MR) is 105 cm³/mol. The molecular weight excluding hydrogens is 391 g/mol.